The van der Waals surface area contributed by atoms with Gasteiger partial charge in [-0.1, -0.05) is 49.6 Å². The van der Waals surface area contributed by atoms with Gasteiger partial charge < -0.3 is 15.7 Å². The maximum absolute atomic E-state index is 13.5. The van der Waals surface area contributed by atoms with E-state index in [0.29, 0.717) is 22.7 Å². The third kappa shape index (κ3) is 7.68. The van der Waals surface area contributed by atoms with Gasteiger partial charge in [-0.15, -0.1) is 0 Å². The molecule has 39 heavy (non-hydrogen) atoms. The number of benzene rings is 3. The zero-order valence-electron chi connectivity index (χ0n) is 21.7. The number of amides is 3. The van der Waals surface area contributed by atoms with E-state index in [1.807, 2.05) is 12.1 Å². The summed E-state index contributed by atoms with van der Waals surface area (Å²) < 4.78 is 0. The second-order valence-electron chi connectivity index (χ2n) is 9.73. The van der Waals surface area contributed by atoms with Crippen LogP contribution in [0.3, 0.4) is 0 Å². The maximum atomic E-state index is 13.5. The number of hydrogen-bond acceptors (Lipinski definition) is 4. The molecule has 1 saturated carbocycles. The predicted octanol–water partition coefficient (Wildman–Crippen LogP) is 6.05. The molecule has 0 aliphatic heterocycles. The van der Waals surface area contributed by atoms with Crippen LogP contribution in [-0.2, 0) is 11.3 Å². The second kappa shape index (κ2) is 13.2. The Balaban J connectivity index is 1.52. The lowest BCUT2D eigenvalue weighted by molar-refractivity contribution is -0.136. The van der Waals surface area contributed by atoms with Crippen molar-refractivity contribution in [3.05, 3.63) is 95.1 Å². The molecule has 4 rings (SSSR count). The van der Waals surface area contributed by atoms with Crippen molar-refractivity contribution >= 4 is 29.3 Å². The molecule has 200 valence electrons. The molecular formula is C31H32N4O4. The topological polar surface area (TPSA) is 123 Å². The summed E-state index contributed by atoms with van der Waals surface area (Å²) >= 11 is 0. The average Bonchev–Trinajstić information content (AvgIpc) is 2.96. The van der Waals surface area contributed by atoms with Gasteiger partial charge in [0, 0.05) is 23.5 Å². The Morgan fingerprint density at radius 3 is 2.33 bits per heavy atom. The van der Waals surface area contributed by atoms with Crippen molar-refractivity contribution in [2.75, 3.05) is 16.8 Å². The summed E-state index contributed by atoms with van der Waals surface area (Å²) in [6, 6.07) is 23.5. The summed E-state index contributed by atoms with van der Waals surface area (Å²) in [5.41, 5.74) is 4.22. The number of rotatable bonds is 9. The molecule has 3 aromatic carbocycles. The Hall–Kier alpha value is -4.64. The molecule has 1 aliphatic rings. The molecule has 0 saturated heterocycles. The third-order valence-corrected chi connectivity index (χ3v) is 6.95. The van der Waals surface area contributed by atoms with E-state index in [1.54, 1.807) is 53.4 Å². The molecular weight excluding hydrogens is 492 g/mol. The van der Waals surface area contributed by atoms with Crippen LogP contribution in [0.4, 0.5) is 16.2 Å². The van der Waals surface area contributed by atoms with Crippen molar-refractivity contribution in [1.82, 2.24) is 5.32 Å². The van der Waals surface area contributed by atoms with E-state index >= 15 is 0 Å². The number of nitrogens with zero attached hydrogens (tertiary/aromatic N) is 2. The van der Waals surface area contributed by atoms with Gasteiger partial charge in [0.15, 0.2) is 0 Å². The zero-order chi connectivity index (χ0) is 27.6. The highest BCUT2D eigenvalue weighted by molar-refractivity contribution is 6.01. The molecule has 1 aliphatic carbocycles. The van der Waals surface area contributed by atoms with Crippen LogP contribution >= 0.6 is 0 Å². The number of anilines is 2. The molecule has 0 heterocycles. The number of aliphatic carboxylic acids is 1. The van der Waals surface area contributed by atoms with Crippen LogP contribution in [0.5, 0.6) is 0 Å². The van der Waals surface area contributed by atoms with Gasteiger partial charge in [0.25, 0.3) is 5.91 Å². The lowest BCUT2D eigenvalue weighted by Crippen LogP contribution is -2.34. The lowest BCUT2D eigenvalue weighted by Gasteiger charge is -2.26. The first-order chi connectivity index (χ1) is 18.9. The Labute approximate surface area is 228 Å². The van der Waals surface area contributed by atoms with Crippen molar-refractivity contribution in [3.63, 3.8) is 0 Å². The van der Waals surface area contributed by atoms with Crippen LogP contribution in [-0.4, -0.2) is 29.6 Å². The highest BCUT2D eigenvalue weighted by atomic mass is 16.4. The van der Waals surface area contributed by atoms with Crippen LogP contribution in [0.15, 0.2) is 72.8 Å². The number of carbonyl (C=O) groups excluding carboxylic acids is 2. The number of nitrogens with one attached hydrogen (secondary N) is 2. The van der Waals surface area contributed by atoms with Gasteiger partial charge in [-0.05, 0) is 72.4 Å². The van der Waals surface area contributed by atoms with E-state index in [2.05, 4.69) is 28.8 Å². The molecule has 0 aromatic heterocycles. The molecule has 8 heteroatoms. The molecule has 8 nitrogen and oxygen atoms in total. The summed E-state index contributed by atoms with van der Waals surface area (Å²) in [6.45, 7) is 0.307. The molecule has 0 spiro atoms. The summed E-state index contributed by atoms with van der Waals surface area (Å²) in [5.74, 6) is -0.777. The molecule has 3 N–H and O–H groups in total. The smallest absolute Gasteiger partial charge is 0.326 e. The summed E-state index contributed by atoms with van der Waals surface area (Å²) in [5, 5.41) is 23.5. The van der Waals surface area contributed by atoms with Gasteiger partial charge in [-0.25, -0.2) is 4.79 Å². The normalized spacial score (nSPS) is 13.2. The fourth-order valence-corrected chi connectivity index (χ4v) is 4.83. The van der Waals surface area contributed by atoms with E-state index in [0.717, 1.165) is 11.3 Å². The van der Waals surface area contributed by atoms with Crippen molar-refractivity contribution in [3.8, 4) is 6.07 Å². The summed E-state index contributed by atoms with van der Waals surface area (Å²) in [4.78, 5) is 38.1. The number of carboxylic acids is 1. The van der Waals surface area contributed by atoms with Crippen molar-refractivity contribution in [2.24, 2.45) is 0 Å². The molecule has 0 radical (unpaired) electrons. The SMILES string of the molecule is N#Cc1cccc(NC(=O)N(Cc2ccc(C(=O)NCCC(=O)O)cc2)c2ccc(C3CCCCC3)cc2)c1. The first kappa shape index (κ1) is 27.4. The third-order valence-electron chi connectivity index (χ3n) is 6.95. The van der Waals surface area contributed by atoms with Crippen LogP contribution in [0.1, 0.15) is 71.5 Å². The summed E-state index contributed by atoms with van der Waals surface area (Å²) in [6.07, 6.45) is 6.01. The standard InChI is InChI=1S/C31H32N4O4/c32-20-23-5-4-8-27(19-23)34-31(39)35(28-15-13-25(14-16-28)24-6-2-1-3-7-24)21-22-9-11-26(12-10-22)30(38)33-18-17-29(36)37/h4-5,8-16,19,24H,1-3,6-7,17-18,21H2,(H,33,38)(H,34,39)(H,36,37). The quantitative estimate of drug-likeness (QED) is 0.315. The monoisotopic (exact) mass is 524 g/mol. The number of carbonyl (C=O) groups is 3. The van der Waals surface area contributed by atoms with E-state index in [9.17, 15) is 19.6 Å². The van der Waals surface area contributed by atoms with E-state index in [4.69, 9.17) is 5.11 Å². The zero-order valence-corrected chi connectivity index (χ0v) is 21.7. The van der Waals surface area contributed by atoms with Gasteiger partial charge in [0.1, 0.15) is 0 Å². The van der Waals surface area contributed by atoms with Gasteiger partial charge in [-0.3, -0.25) is 14.5 Å². The molecule has 3 amide bonds. The van der Waals surface area contributed by atoms with Gasteiger partial charge in [0.2, 0.25) is 0 Å². The van der Waals surface area contributed by atoms with Crippen LogP contribution in [0.25, 0.3) is 0 Å². The minimum absolute atomic E-state index is 0.0493. The van der Waals surface area contributed by atoms with Gasteiger partial charge >= 0.3 is 12.0 Å². The molecule has 0 unspecified atom stereocenters. The van der Waals surface area contributed by atoms with Crippen molar-refractivity contribution in [2.45, 2.75) is 51.0 Å². The molecule has 0 bridgehead atoms. The number of hydrogen-bond donors (Lipinski definition) is 3. The Morgan fingerprint density at radius 2 is 1.67 bits per heavy atom. The van der Waals surface area contributed by atoms with Gasteiger partial charge in [-0.2, -0.15) is 5.26 Å². The Morgan fingerprint density at radius 1 is 0.949 bits per heavy atom. The fourth-order valence-electron chi connectivity index (χ4n) is 4.83. The minimum Gasteiger partial charge on any atom is -0.481 e. The number of urea groups is 1. The minimum atomic E-state index is -0.977. The van der Waals surface area contributed by atoms with Crippen LogP contribution in [0.2, 0.25) is 0 Å². The number of nitriles is 1. The highest BCUT2D eigenvalue weighted by Gasteiger charge is 2.20. The molecule has 1 fully saturated rings. The average molecular weight is 525 g/mol. The molecule has 0 atom stereocenters. The second-order valence-corrected chi connectivity index (χ2v) is 9.73. The fraction of sp³-hybridized carbons (Fsp3) is 0.290. The predicted molar refractivity (Wildman–Crippen MR) is 150 cm³/mol. The van der Waals surface area contributed by atoms with Crippen molar-refractivity contribution < 1.29 is 19.5 Å². The largest absolute Gasteiger partial charge is 0.481 e. The van der Waals surface area contributed by atoms with E-state index < -0.39 is 5.97 Å². The summed E-state index contributed by atoms with van der Waals surface area (Å²) in [7, 11) is 0. The Bertz CT molecular complexity index is 1340. The van der Waals surface area contributed by atoms with E-state index in [-0.39, 0.29) is 31.4 Å². The van der Waals surface area contributed by atoms with Gasteiger partial charge in [0.05, 0.1) is 24.6 Å². The number of carboxylic acid groups (broad SMARTS) is 1. The first-order valence-corrected chi connectivity index (χ1v) is 13.2. The first-order valence-electron chi connectivity index (χ1n) is 13.2. The highest BCUT2D eigenvalue weighted by Crippen LogP contribution is 2.33. The maximum Gasteiger partial charge on any atom is 0.326 e. The molecule has 3 aromatic rings. The Kier molecular flexibility index (Phi) is 9.30. The van der Waals surface area contributed by atoms with Crippen LogP contribution < -0.4 is 15.5 Å². The lowest BCUT2D eigenvalue weighted by atomic mass is 9.84. The van der Waals surface area contributed by atoms with Crippen LogP contribution in [0, 0.1) is 11.3 Å². The van der Waals surface area contributed by atoms with Crippen molar-refractivity contribution in [1.29, 1.82) is 5.26 Å². The van der Waals surface area contributed by atoms with E-state index in [1.165, 1.54) is 37.7 Å².